The van der Waals surface area contributed by atoms with Crippen LogP contribution in [-0.4, -0.2) is 23.3 Å². The van der Waals surface area contributed by atoms with E-state index in [1.54, 1.807) is 24.3 Å². The molecule has 0 aromatic heterocycles. The molecule has 4 nitrogen and oxygen atoms in total. The SMILES string of the molecule is CC1CN(C(=O)Nc2ccc(Cl)cc2)N=C1c1ccccc1. The fraction of sp³-hybridized carbons (Fsp3) is 0.176. The molecule has 2 amide bonds. The number of halogens is 1. The maximum atomic E-state index is 12.3. The number of hydrazone groups is 1. The predicted molar refractivity (Wildman–Crippen MR) is 89.3 cm³/mol. The molecule has 0 fully saturated rings. The van der Waals surface area contributed by atoms with E-state index in [9.17, 15) is 4.79 Å². The summed E-state index contributed by atoms with van der Waals surface area (Å²) in [7, 11) is 0. The maximum Gasteiger partial charge on any atom is 0.342 e. The molecule has 0 radical (unpaired) electrons. The van der Waals surface area contributed by atoms with Crippen LogP contribution >= 0.6 is 11.6 Å². The third-order valence-corrected chi connectivity index (χ3v) is 3.79. The van der Waals surface area contributed by atoms with Crippen molar-refractivity contribution in [2.45, 2.75) is 6.92 Å². The summed E-state index contributed by atoms with van der Waals surface area (Å²) in [5.74, 6) is 0.207. The number of hydrogen-bond donors (Lipinski definition) is 1. The number of urea groups is 1. The average Bonchev–Trinajstić information content (AvgIpc) is 2.92. The molecule has 22 heavy (non-hydrogen) atoms. The van der Waals surface area contributed by atoms with Crippen LogP contribution in [0, 0.1) is 5.92 Å². The van der Waals surface area contributed by atoms with Crippen molar-refractivity contribution in [2.24, 2.45) is 11.0 Å². The van der Waals surface area contributed by atoms with E-state index in [0.29, 0.717) is 17.3 Å². The Morgan fingerprint density at radius 3 is 2.55 bits per heavy atom. The molecule has 2 aromatic rings. The molecule has 1 N–H and O–H groups in total. The predicted octanol–water partition coefficient (Wildman–Crippen LogP) is 4.23. The highest BCUT2D eigenvalue weighted by molar-refractivity contribution is 6.30. The van der Waals surface area contributed by atoms with Crippen molar-refractivity contribution in [1.29, 1.82) is 0 Å². The zero-order valence-corrected chi connectivity index (χ0v) is 12.9. The number of hydrogen-bond acceptors (Lipinski definition) is 2. The summed E-state index contributed by atoms with van der Waals surface area (Å²) < 4.78 is 0. The Balaban J connectivity index is 1.74. The van der Waals surface area contributed by atoms with Gasteiger partial charge in [0, 0.05) is 16.6 Å². The summed E-state index contributed by atoms with van der Waals surface area (Å²) in [5.41, 5.74) is 2.69. The topological polar surface area (TPSA) is 44.7 Å². The Hall–Kier alpha value is -2.33. The van der Waals surface area contributed by atoms with Crippen molar-refractivity contribution in [3.05, 3.63) is 65.2 Å². The van der Waals surface area contributed by atoms with Gasteiger partial charge in [-0.1, -0.05) is 48.9 Å². The fourth-order valence-electron chi connectivity index (χ4n) is 2.42. The molecule has 112 valence electrons. The van der Waals surface area contributed by atoms with Crippen molar-refractivity contribution in [2.75, 3.05) is 11.9 Å². The third kappa shape index (κ3) is 3.12. The number of nitrogens with zero attached hydrogens (tertiary/aromatic N) is 2. The van der Waals surface area contributed by atoms with Crippen LogP contribution in [-0.2, 0) is 0 Å². The smallest absolute Gasteiger partial charge is 0.306 e. The molecule has 0 spiro atoms. The summed E-state index contributed by atoms with van der Waals surface area (Å²) in [4.78, 5) is 12.3. The van der Waals surface area contributed by atoms with E-state index in [-0.39, 0.29) is 11.9 Å². The molecule has 2 aromatic carbocycles. The second kappa shape index (κ2) is 6.20. The quantitative estimate of drug-likeness (QED) is 0.886. The lowest BCUT2D eigenvalue weighted by Gasteiger charge is -2.13. The van der Waals surface area contributed by atoms with Crippen LogP contribution < -0.4 is 5.32 Å². The second-order valence-electron chi connectivity index (χ2n) is 5.27. The first-order valence-electron chi connectivity index (χ1n) is 7.11. The number of rotatable bonds is 2. The van der Waals surface area contributed by atoms with Gasteiger partial charge in [-0.2, -0.15) is 5.10 Å². The monoisotopic (exact) mass is 313 g/mol. The van der Waals surface area contributed by atoms with Gasteiger partial charge in [0.05, 0.1) is 12.3 Å². The molecule has 1 aliphatic heterocycles. The first-order valence-corrected chi connectivity index (χ1v) is 7.49. The Bertz CT molecular complexity index is 698. The summed E-state index contributed by atoms with van der Waals surface area (Å²) >= 11 is 5.84. The average molecular weight is 314 g/mol. The lowest BCUT2D eigenvalue weighted by molar-refractivity contribution is 0.216. The second-order valence-corrected chi connectivity index (χ2v) is 5.71. The van der Waals surface area contributed by atoms with Gasteiger partial charge in [0.2, 0.25) is 0 Å². The first-order chi connectivity index (χ1) is 10.6. The Morgan fingerprint density at radius 1 is 1.18 bits per heavy atom. The van der Waals surface area contributed by atoms with Gasteiger partial charge in [-0.3, -0.25) is 0 Å². The molecule has 0 aliphatic carbocycles. The van der Waals surface area contributed by atoms with Crippen LogP contribution in [0.5, 0.6) is 0 Å². The van der Waals surface area contributed by atoms with Gasteiger partial charge in [0.1, 0.15) is 0 Å². The van der Waals surface area contributed by atoms with Gasteiger partial charge in [0.15, 0.2) is 0 Å². The molecule has 3 rings (SSSR count). The highest BCUT2D eigenvalue weighted by Crippen LogP contribution is 2.20. The van der Waals surface area contributed by atoms with Crippen molar-refractivity contribution in [1.82, 2.24) is 5.01 Å². The van der Waals surface area contributed by atoms with Gasteiger partial charge < -0.3 is 5.32 Å². The normalized spacial score (nSPS) is 17.3. The highest BCUT2D eigenvalue weighted by Gasteiger charge is 2.27. The molecule has 0 bridgehead atoms. The summed E-state index contributed by atoms with van der Waals surface area (Å²) in [5, 5.41) is 9.40. The van der Waals surface area contributed by atoms with Crippen LogP contribution in [0.2, 0.25) is 5.02 Å². The lowest BCUT2D eigenvalue weighted by Crippen LogP contribution is -2.30. The maximum absolute atomic E-state index is 12.3. The number of nitrogens with one attached hydrogen (secondary N) is 1. The van der Waals surface area contributed by atoms with E-state index in [4.69, 9.17) is 11.6 Å². The summed E-state index contributed by atoms with van der Waals surface area (Å²) in [6.45, 7) is 2.64. The molecular formula is C17H16ClN3O. The van der Waals surface area contributed by atoms with Crippen LogP contribution in [0.3, 0.4) is 0 Å². The van der Waals surface area contributed by atoms with Crippen molar-refractivity contribution in [3.63, 3.8) is 0 Å². The van der Waals surface area contributed by atoms with Crippen LogP contribution in [0.1, 0.15) is 12.5 Å². The summed E-state index contributed by atoms with van der Waals surface area (Å²) in [6.07, 6.45) is 0. The number of carbonyl (C=O) groups excluding carboxylic acids is 1. The van der Waals surface area contributed by atoms with Gasteiger partial charge in [0.25, 0.3) is 0 Å². The first kappa shape index (κ1) is 14.6. The van der Waals surface area contributed by atoms with Crippen molar-refractivity contribution < 1.29 is 4.79 Å². The zero-order valence-electron chi connectivity index (χ0n) is 12.2. The molecule has 5 heteroatoms. The standard InChI is InChI=1S/C17H16ClN3O/c1-12-11-21(20-16(12)13-5-3-2-4-6-13)17(22)19-15-9-7-14(18)8-10-15/h2-10,12H,11H2,1H3,(H,19,22). The molecule has 0 saturated heterocycles. The lowest BCUT2D eigenvalue weighted by atomic mass is 10.00. The van der Waals surface area contributed by atoms with Gasteiger partial charge in [-0.25, -0.2) is 9.80 Å². The molecule has 1 heterocycles. The molecule has 1 atom stereocenters. The van der Waals surface area contributed by atoms with Crippen LogP contribution in [0.25, 0.3) is 0 Å². The highest BCUT2D eigenvalue weighted by atomic mass is 35.5. The Labute approximate surface area is 134 Å². The minimum atomic E-state index is -0.236. The zero-order chi connectivity index (χ0) is 15.5. The number of amides is 2. The largest absolute Gasteiger partial charge is 0.342 e. The van der Waals surface area contributed by atoms with Crippen LogP contribution in [0.4, 0.5) is 10.5 Å². The van der Waals surface area contributed by atoms with Crippen molar-refractivity contribution >= 4 is 29.0 Å². The summed E-state index contributed by atoms with van der Waals surface area (Å²) in [6, 6.07) is 16.7. The molecule has 1 aliphatic rings. The minimum absolute atomic E-state index is 0.207. The molecular weight excluding hydrogens is 298 g/mol. The Kier molecular flexibility index (Phi) is 4.11. The Morgan fingerprint density at radius 2 is 1.86 bits per heavy atom. The number of anilines is 1. The van der Waals surface area contributed by atoms with E-state index in [1.165, 1.54) is 5.01 Å². The minimum Gasteiger partial charge on any atom is -0.306 e. The van der Waals surface area contributed by atoms with Crippen LogP contribution in [0.15, 0.2) is 59.7 Å². The number of benzene rings is 2. The third-order valence-electron chi connectivity index (χ3n) is 3.54. The van der Waals surface area contributed by atoms with E-state index in [1.807, 2.05) is 30.3 Å². The molecule has 0 saturated carbocycles. The van der Waals surface area contributed by atoms with Gasteiger partial charge in [-0.15, -0.1) is 0 Å². The van der Waals surface area contributed by atoms with E-state index in [0.717, 1.165) is 11.3 Å². The molecule has 1 unspecified atom stereocenters. The van der Waals surface area contributed by atoms with E-state index >= 15 is 0 Å². The fourth-order valence-corrected chi connectivity index (χ4v) is 2.54. The van der Waals surface area contributed by atoms with Gasteiger partial charge in [-0.05, 0) is 29.8 Å². The van der Waals surface area contributed by atoms with E-state index < -0.39 is 0 Å². The number of carbonyl (C=O) groups is 1. The van der Waals surface area contributed by atoms with E-state index in [2.05, 4.69) is 17.3 Å². The van der Waals surface area contributed by atoms with Gasteiger partial charge >= 0.3 is 6.03 Å². The van der Waals surface area contributed by atoms with Crippen molar-refractivity contribution in [3.8, 4) is 0 Å².